The Hall–Kier alpha value is -1.31. The Morgan fingerprint density at radius 1 is 1.33 bits per heavy atom. The largest absolute Gasteiger partial charge is 0.385 e. The van der Waals surface area contributed by atoms with E-state index < -0.39 is 0 Å². The molecule has 0 aliphatic heterocycles. The summed E-state index contributed by atoms with van der Waals surface area (Å²) in [5, 5.41) is 3.13. The van der Waals surface area contributed by atoms with Crippen molar-refractivity contribution in [1.82, 2.24) is 0 Å². The summed E-state index contributed by atoms with van der Waals surface area (Å²) in [6, 6.07) is 6.32. The van der Waals surface area contributed by atoms with Crippen LogP contribution in [0.15, 0.2) is 36.9 Å². The van der Waals surface area contributed by atoms with Gasteiger partial charge in [0.05, 0.1) is 0 Å². The number of halogens is 1. The summed E-state index contributed by atoms with van der Waals surface area (Å²) in [4.78, 5) is 0. The first-order valence-electron chi connectivity index (χ1n) is 3.93. The highest BCUT2D eigenvalue weighted by Gasteiger charge is 1.90. The maximum atomic E-state index is 12.4. The number of benzene rings is 1. The van der Waals surface area contributed by atoms with Crippen molar-refractivity contribution >= 4 is 5.69 Å². The predicted molar refractivity (Wildman–Crippen MR) is 49.7 cm³/mol. The summed E-state index contributed by atoms with van der Waals surface area (Å²) in [5.41, 5.74) is 0.943. The SMILES string of the molecule is C=CCCNc1ccc(F)cc1. The van der Waals surface area contributed by atoms with Crippen molar-refractivity contribution in [2.75, 3.05) is 11.9 Å². The molecule has 0 spiro atoms. The van der Waals surface area contributed by atoms with E-state index in [1.165, 1.54) is 12.1 Å². The Kier molecular flexibility index (Phi) is 3.33. The fourth-order valence-corrected chi connectivity index (χ4v) is 0.886. The molecular formula is C10H12FN. The highest BCUT2D eigenvalue weighted by Crippen LogP contribution is 2.07. The van der Waals surface area contributed by atoms with E-state index in [-0.39, 0.29) is 5.82 Å². The third-order valence-corrected chi connectivity index (χ3v) is 1.52. The summed E-state index contributed by atoms with van der Waals surface area (Å²) in [5.74, 6) is -0.204. The van der Waals surface area contributed by atoms with Crippen LogP contribution in [0.3, 0.4) is 0 Å². The smallest absolute Gasteiger partial charge is 0.123 e. The predicted octanol–water partition coefficient (Wildman–Crippen LogP) is 2.81. The minimum atomic E-state index is -0.204. The highest BCUT2D eigenvalue weighted by molar-refractivity contribution is 5.42. The van der Waals surface area contributed by atoms with Crippen LogP contribution >= 0.6 is 0 Å². The zero-order valence-electron chi connectivity index (χ0n) is 6.89. The van der Waals surface area contributed by atoms with Crippen LogP contribution in [0.5, 0.6) is 0 Å². The second kappa shape index (κ2) is 4.54. The molecule has 0 amide bonds. The van der Waals surface area contributed by atoms with E-state index in [4.69, 9.17) is 0 Å². The summed E-state index contributed by atoms with van der Waals surface area (Å²) >= 11 is 0. The summed E-state index contributed by atoms with van der Waals surface area (Å²) < 4.78 is 12.4. The fraction of sp³-hybridized carbons (Fsp3) is 0.200. The minimum absolute atomic E-state index is 0.204. The number of nitrogens with one attached hydrogen (secondary N) is 1. The summed E-state index contributed by atoms with van der Waals surface area (Å²) in [6.07, 6.45) is 2.76. The Bertz CT molecular complexity index is 241. The van der Waals surface area contributed by atoms with Gasteiger partial charge in [0.1, 0.15) is 5.82 Å². The molecule has 12 heavy (non-hydrogen) atoms. The standard InChI is InChI=1S/C10H12FN/c1-2-3-8-12-10-6-4-9(11)5-7-10/h2,4-7,12H,1,3,8H2. The average Bonchev–Trinajstić information content (AvgIpc) is 2.09. The number of rotatable bonds is 4. The van der Waals surface area contributed by atoms with E-state index in [1.54, 1.807) is 12.1 Å². The molecule has 0 saturated heterocycles. The zero-order chi connectivity index (χ0) is 8.81. The molecule has 2 heteroatoms. The third-order valence-electron chi connectivity index (χ3n) is 1.52. The van der Waals surface area contributed by atoms with Gasteiger partial charge in [-0.05, 0) is 30.7 Å². The van der Waals surface area contributed by atoms with Crippen LogP contribution in [0.2, 0.25) is 0 Å². The molecule has 1 aromatic rings. The van der Waals surface area contributed by atoms with Crippen LogP contribution in [0.25, 0.3) is 0 Å². The number of hydrogen-bond donors (Lipinski definition) is 1. The second-order valence-electron chi connectivity index (χ2n) is 2.51. The van der Waals surface area contributed by atoms with E-state index in [9.17, 15) is 4.39 Å². The molecule has 64 valence electrons. The Labute approximate surface area is 71.9 Å². The molecule has 0 fully saturated rings. The van der Waals surface area contributed by atoms with Crippen LogP contribution in [0.1, 0.15) is 6.42 Å². The topological polar surface area (TPSA) is 12.0 Å². The summed E-state index contributed by atoms with van der Waals surface area (Å²) in [6.45, 7) is 4.45. The minimum Gasteiger partial charge on any atom is -0.385 e. The van der Waals surface area contributed by atoms with Gasteiger partial charge in [0.25, 0.3) is 0 Å². The van der Waals surface area contributed by atoms with Crippen molar-refractivity contribution in [3.8, 4) is 0 Å². The van der Waals surface area contributed by atoms with Crippen LogP contribution in [0, 0.1) is 5.82 Å². The average molecular weight is 165 g/mol. The molecule has 0 heterocycles. The van der Waals surface area contributed by atoms with Crippen molar-refractivity contribution in [2.24, 2.45) is 0 Å². The second-order valence-corrected chi connectivity index (χ2v) is 2.51. The normalized spacial score (nSPS) is 9.42. The lowest BCUT2D eigenvalue weighted by Gasteiger charge is -2.02. The molecule has 0 aromatic heterocycles. The van der Waals surface area contributed by atoms with Gasteiger partial charge in [0.2, 0.25) is 0 Å². The summed E-state index contributed by atoms with van der Waals surface area (Å²) in [7, 11) is 0. The Morgan fingerprint density at radius 3 is 2.58 bits per heavy atom. The number of hydrogen-bond acceptors (Lipinski definition) is 1. The van der Waals surface area contributed by atoms with Crippen LogP contribution in [0.4, 0.5) is 10.1 Å². The molecule has 1 nitrogen and oxygen atoms in total. The maximum absolute atomic E-state index is 12.4. The van der Waals surface area contributed by atoms with Gasteiger partial charge in [-0.15, -0.1) is 6.58 Å². The molecule has 0 radical (unpaired) electrons. The molecule has 0 aliphatic rings. The first-order valence-corrected chi connectivity index (χ1v) is 3.93. The Balaban J connectivity index is 2.42. The molecule has 1 N–H and O–H groups in total. The van der Waals surface area contributed by atoms with Crippen LogP contribution < -0.4 is 5.32 Å². The monoisotopic (exact) mass is 165 g/mol. The van der Waals surface area contributed by atoms with Crippen LogP contribution in [-0.4, -0.2) is 6.54 Å². The van der Waals surface area contributed by atoms with Gasteiger partial charge in [0, 0.05) is 12.2 Å². The first kappa shape index (κ1) is 8.78. The molecule has 1 aromatic carbocycles. The van der Waals surface area contributed by atoms with Crippen molar-refractivity contribution in [2.45, 2.75) is 6.42 Å². The lowest BCUT2D eigenvalue weighted by Crippen LogP contribution is -1.99. The van der Waals surface area contributed by atoms with Gasteiger partial charge < -0.3 is 5.32 Å². The lowest BCUT2D eigenvalue weighted by molar-refractivity contribution is 0.628. The molecular weight excluding hydrogens is 153 g/mol. The highest BCUT2D eigenvalue weighted by atomic mass is 19.1. The Morgan fingerprint density at radius 2 is 2.00 bits per heavy atom. The van der Waals surface area contributed by atoms with Gasteiger partial charge in [-0.3, -0.25) is 0 Å². The lowest BCUT2D eigenvalue weighted by atomic mass is 10.3. The van der Waals surface area contributed by atoms with E-state index >= 15 is 0 Å². The zero-order valence-corrected chi connectivity index (χ0v) is 6.89. The van der Waals surface area contributed by atoms with Crippen molar-refractivity contribution in [3.05, 3.63) is 42.7 Å². The van der Waals surface area contributed by atoms with Gasteiger partial charge in [-0.2, -0.15) is 0 Å². The van der Waals surface area contributed by atoms with E-state index in [1.807, 2.05) is 6.08 Å². The first-order chi connectivity index (χ1) is 5.83. The molecule has 0 atom stereocenters. The maximum Gasteiger partial charge on any atom is 0.123 e. The van der Waals surface area contributed by atoms with Crippen molar-refractivity contribution in [1.29, 1.82) is 0 Å². The molecule has 0 bridgehead atoms. The van der Waals surface area contributed by atoms with Gasteiger partial charge in [-0.1, -0.05) is 6.08 Å². The van der Waals surface area contributed by atoms with E-state index in [0.29, 0.717) is 0 Å². The van der Waals surface area contributed by atoms with Gasteiger partial charge in [0.15, 0.2) is 0 Å². The molecule has 0 saturated carbocycles. The molecule has 0 unspecified atom stereocenters. The third kappa shape index (κ3) is 2.74. The van der Waals surface area contributed by atoms with E-state index in [2.05, 4.69) is 11.9 Å². The van der Waals surface area contributed by atoms with E-state index in [0.717, 1.165) is 18.7 Å². The fourth-order valence-electron chi connectivity index (χ4n) is 0.886. The van der Waals surface area contributed by atoms with Crippen LogP contribution in [-0.2, 0) is 0 Å². The van der Waals surface area contributed by atoms with Crippen molar-refractivity contribution < 1.29 is 4.39 Å². The quantitative estimate of drug-likeness (QED) is 0.534. The van der Waals surface area contributed by atoms with Crippen molar-refractivity contribution in [3.63, 3.8) is 0 Å². The molecule has 1 rings (SSSR count). The van der Waals surface area contributed by atoms with Gasteiger partial charge >= 0.3 is 0 Å². The molecule has 0 aliphatic carbocycles. The number of anilines is 1. The van der Waals surface area contributed by atoms with Gasteiger partial charge in [-0.25, -0.2) is 4.39 Å².